The summed E-state index contributed by atoms with van der Waals surface area (Å²) in [7, 11) is 1.71. The molecule has 6 nitrogen and oxygen atoms in total. The average Bonchev–Trinajstić information content (AvgIpc) is 2.80. The number of nitrogens with one attached hydrogen (secondary N) is 1. The quantitative estimate of drug-likeness (QED) is 0.696. The zero-order valence-electron chi connectivity index (χ0n) is 10.9. The summed E-state index contributed by atoms with van der Waals surface area (Å²) >= 11 is 0. The van der Waals surface area contributed by atoms with Crippen molar-refractivity contribution in [2.45, 2.75) is 12.7 Å². The fraction of sp³-hybridized carbons (Fsp3) is 0.250. The van der Waals surface area contributed by atoms with Gasteiger partial charge in [-0.1, -0.05) is 0 Å². The van der Waals surface area contributed by atoms with Gasteiger partial charge in [0.2, 0.25) is 0 Å². The molecule has 0 saturated carbocycles. The van der Waals surface area contributed by atoms with E-state index in [9.17, 15) is 23.3 Å². The molecule has 0 spiro atoms. The molecule has 0 atom stereocenters. The minimum absolute atomic E-state index is 0.0249. The number of nitro benzene ring substituents is 1. The van der Waals surface area contributed by atoms with Crippen LogP contribution in [0.3, 0.4) is 0 Å². The Morgan fingerprint density at radius 1 is 1.43 bits per heavy atom. The predicted molar refractivity (Wildman–Crippen MR) is 68.6 cm³/mol. The third-order valence-electron chi connectivity index (χ3n) is 2.76. The van der Waals surface area contributed by atoms with Gasteiger partial charge in [0.15, 0.2) is 0 Å². The Labute approximate surface area is 117 Å². The lowest BCUT2D eigenvalue weighted by Crippen LogP contribution is -2.08. The third kappa shape index (κ3) is 3.50. The van der Waals surface area contributed by atoms with Gasteiger partial charge in [-0.15, -0.1) is 0 Å². The summed E-state index contributed by atoms with van der Waals surface area (Å²) in [6.45, 7) is 0.222. The van der Waals surface area contributed by atoms with Gasteiger partial charge in [0.05, 0.1) is 16.7 Å². The lowest BCUT2D eigenvalue weighted by atomic mass is 10.1. The first-order valence-corrected chi connectivity index (χ1v) is 5.84. The summed E-state index contributed by atoms with van der Waals surface area (Å²) in [6, 6.07) is 2.38. The van der Waals surface area contributed by atoms with E-state index in [0.717, 1.165) is 17.7 Å². The van der Waals surface area contributed by atoms with Gasteiger partial charge in [0.1, 0.15) is 5.69 Å². The number of aryl methyl sites for hydroxylation is 1. The molecule has 2 rings (SSSR count). The molecule has 0 saturated heterocycles. The summed E-state index contributed by atoms with van der Waals surface area (Å²) in [4.78, 5) is 10.1. The van der Waals surface area contributed by atoms with Crippen molar-refractivity contribution >= 4 is 11.4 Å². The van der Waals surface area contributed by atoms with Crippen LogP contribution in [0.15, 0.2) is 30.6 Å². The first-order chi connectivity index (χ1) is 9.77. The van der Waals surface area contributed by atoms with Gasteiger partial charge in [-0.2, -0.15) is 18.3 Å². The molecule has 112 valence electrons. The fourth-order valence-electron chi connectivity index (χ4n) is 1.77. The van der Waals surface area contributed by atoms with E-state index in [-0.39, 0.29) is 12.2 Å². The van der Waals surface area contributed by atoms with E-state index in [2.05, 4.69) is 10.4 Å². The molecule has 21 heavy (non-hydrogen) atoms. The summed E-state index contributed by atoms with van der Waals surface area (Å²) in [5.74, 6) is 0. The second-order valence-electron chi connectivity index (χ2n) is 4.36. The second-order valence-corrected chi connectivity index (χ2v) is 4.36. The van der Waals surface area contributed by atoms with Crippen LogP contribution in [-0.4, -0.2) is 14.7 Å². The molecule has 0 aliphatic rings. The third-order valence-corrected chi connectivity index (χ3v) is 2.76. The van der Waals surface area contributed by atoms with Crippen LogP contribution in [0.25, 0.3) is 0 Å². The molecule has 0 unspecified atom stereocenters. The SMILES string of the molecule is Cn1cc(CNc2ccc(C(F)(F)F)cc2[N+](=O)[O-])cn1. The minimum atomic E-state index is -4.62. The van der Waals surface area contributed by atoms with Crippen LogP contribution < -0.4 is 5.32 Å². The fourth-order valence-corrected chi connectivity index (χ4v) is 1.77. The van der Waals surface area contributed by atoms with Crippen LogP contribution in [0, 0.1) is 10.1 Å². The van der Waals surface area contributed by atoms with Gasteiger partial charge in [0, 0.05) is 31.4 Å². The van der Waals surface area contributed by atoms with Crippen LogP contribution >= 0.6 is 0 Å². The number of anilines is 1. The molecule has 1 heterocycles. The molecule has 0 fully saturated rings. The zero-order chi connectivity index (χ0) is 15.6. The predicted octanol–water partition coefficient (Wildman–Crippen LogP) is 2.96. The molecule has 0 bridgehead atoms. The molecule has 1 aromatic carbocycles. The topological polar surface area (TPSA) is 73.0 Å². The van der Waals surface area contributed by atoms with E-state index in [4.69, 9.17) is 0 Å². The Bertz CT molecular complexity index is 667. The highest BCUT2D eigenvalue weighted by molar-refractivity contribution is 5.63. The Balaban J connectivity index is 2.24. The average molecular weight is 300 g/mol. The highest BCUT2D eigenvalue weighted by Gasteiger charge is 2.32. The summed E-state index contributed by atoms with van der Waals surface area (Å²) in [5.41, 5.74) is -0.890. The van der Waals surface area contributed by atoms with Crippen LogP contribution in [-0.2, 0) is 19.8 Å². The van der Waals surface area contributed by atoms with Gasteiger partial charge < -0.3 is 5.32 Å². The number of aromatic nitrogens is 2. The number of benzene rings is 1. The van der Waals surface area contributed by atoms with E-state index in [1.54, 1.807) is 24.1 Å². The smallest absolute Gasteiger partial charge is 0.375 e. The van der Waals surface area contributed by atoms with Gasteiger partial charge in [0.25, 0.3) is 5.69 Å². The largest absolute Gasteiger partial charge is 0.416 e. The maximum absolute atomic E-state index is 12.6. The zero-order valence-corrected chi connectivity index (χ0v) is 10.9. The molecular formula is C12H11F3N4O2. The number of hydrogen-bond donors (Lipinski definition) is 1. The maximum Gasteiger partial charge on any atom is 0.416 e. The Hall–Kier alpha value is -2.58. The molecule has 0 amide bonds. The van der Waals surface area contributed by atoms with Crippen molar-refractivity contribution in [1.29, 1.82) is 0 Å². The molecule has 2 aromatic rings. The standard InChI is InChI=1S/C12H11F3N4O2/c1-18-7-8(6-17-18)5-16-10-3-2-9(12(13,14)15)4-11(10)19(20)21/h2-4,6-7,16H,5H2,1H3. The van der Waals surface area contributed by atoms with Crippen LogP contribution in [0.1, 0.15) is 11.1 Å². The van der Waals surface area contributed by atoms with E-state index in [1.165, 1.54) is 0 Å². The summed E-state index contributed by atoms with van der Waals surface area (Å²) in [5, 5.41) is 17.6. The van der Waals surface area contributed by atoms with E-state index in [1.807, 2.05) is 0 Å². The number of halogens is 3. The van der Waals surface area contributed by atoms with Crippen LogP contribution in [0.5, 0.6) is 0 Å². The number of alkyl halides is 3. The summed E-state index contributed by atoms with van der Waals surface area (Å²) < 4.78 is 39.2. The van der Waals surface area contributed by atoms with Gasteiger partial charge in [-0.25, -0.2) is 0 Å². The first-order valence-electron chi connectivity index (χ1n) is 5.84. The maximum atomic E-state index is 12.6. The van der Waals surface area contributed by atoms with E-state index >= 15 is 0 Å². The normalized spacial score (nSPS) is 11.4. The van der Waals surface area contributed by atoms with Crippen molar-refractivity contribution in [2.24, 2.45) is 7.05 Å². The van der Waals surface area contributed by atoms with Crippen molar-refractivity contribution in [3.05, 3.63) is 51.8 Å². The van der Waals surface area contributed by atoms with Crippen molar-refractivity contribution < 1.29 is 18.1 Å². The molecular weight excluding hydrogens is 289 g/mol. The van der Waals surface area contributed by atoms with E-state index in [0.29, 0.717) is 6.07 Å². The Morgan fingerprint density at radius 2 is 2.14 bits per heavy atom. The van der Waals surface area contributed by atoms with Crippen LogP contribution in [0.4, 0.5) is 24.5 Å². The summed E-state index contributed by atoms with van der Waals surface area (Å²) in [6.07, 6.45) is -1.36. The first kappa shape index (κ1) is 14.8. The molecule has 1 N–H and O–H groups in total. The molecule has 9 heteroatoms. The molecule has 0 aliphatic heterocycles. The van der Waals surface area contributed by atoms with Crippen molar-refractivity contribution in [1.82, 2.24) is 9.78 Å². The highest BCUT2D eigenvalue weighted by Crippen LogP contribution is 2.35. The number of nitro groups is 1. The lowest BCUT2D eigenvalue weighted by molar-refractivity contribution is -0.384. The minimum Gasteiger partial charge on any atom is -0.375 e. The Morgan fingerprint density at radius 3 is 2.67 bits per heavy atom. The highest BCUT2D eigenvalue weighted by atomic mass is 19.4. The number of rotatable bonds is 4. The molecule has 1 aromatic heterocycles. The number of nitrogens with zero attached hydrogens (tertiary/aromatic N) is 3. The van der Waals surface area contributed by atoms with Gasteiger partial charge >= 0.3 is 6.18 Å². The number of hydrogen-bond acceptors (Lipinski definition) is 4. The Kier molecular flexibility index (Phi) is 3.83. The van der Waals surface area contributed by atoms with Crippen molar-refractivity contribution in [3.8, 4) is 0 Å². The lowest BCUT2D eigenvalue weighted by Gasteiger charge is -2.10. The van der Waals surface area contributed by atoms with Crippen molar-refractivity contribution in [2.75, 3.05) is 5.32 Å². The second kappa shape index (κ2) is 5.43. The van der Waals surface area contributed by atoms with E-state index < -0.39 is 22.4 Å². The van der Waals surface area contributed by atoms with Gasteiger partial charge in [-0.05, 0) is 12.1 Å². The van der Waals surface area contributed by atoms with Gasteiger partial charge in [-0.3, -0.25) is 14.8 Å². The van der Waals surface area contributed by atoms with Crippen molar-refractivity contribution in [3.63, 3.8) is 0 Å². The monoisotopic (exact) mass is 300 g/mol. The molecule has 0 radical (unpaired) electrons. The van der Waals surface area contributed by atoms with Crippen LogP contribution in [0.2, 0.25) is 0 Å². The molecule has 0 aliphatic carbocycles.